The van der Waals surface area contributed by atoms with Gasteiger partial charge >= 0.3 is 0 Å². The summed E-state index contributed by atoms with van der Waals surface area (Å²) >= 11 is 6.35. The first-order valence-electron chi connectivity index (χ1n) is 9.70. The molecule has 0 atom stereocenters. The number of carbonyl (C=O) groups excluding carboxylic acids is 1. The second kappa shape index (κ2) is 9.30. The van der Waals surface area contributed by atoms with Gasteiger partial charge in [-0.3, -0.25) is 4.79 Å². The Labute approximate surface area is 181 Å². The molecular weight excluding hydrogens is 441 g/mol. The van der Waals surface area contributed by atoms with Crippen molar-refractivity contribution >= 4 is 34.6 Å². The number of hydrogen-bond acceptors (Lipinski definition) is 3. The first-order chi connectivity index (χ1) is 14.6. The van der Waals surface area contributed by atoms with Crippen LogP contribution in [0.1, 0.15) is 20.3 Å². The van der Waals surface area contributed by atoms with Crippen LogP contribution in [-0.2, 0) is 4.79 Å². The minimum Gasteiger partial charge on any atom is -0.367 e. The molecule has 1 amide bonds. The summed E-state index contributed by atoms with van der Waals surface area (Å²) in [5.74, 6) is -9.71. The fraction of sp³-hybridized carbons (Fsp3) is 0.381. The van der Waals surface area contributed by atoms with Gasteiger partial charge < -0.3 is 15.1 Å². The average Bonchev–Trinajstić information content (AvgIpc) is 2.71. The summed E-state index contributed by atoms with van der Waals surface area (Å²) in [6.07, 6.45) is 0.374. The van der Waals surface area contributed by atoms with Gasteiger partial charge in [0.25, 0.3) is 0 Å². The Hall–Kier alpha value is -2.55. The van der Waals surface area contributed by atoms with E-state index in [0.29, 0.717) is 22.8 Å². The Balaban J connectivity index is 1.71. The fourth-order valence-corrected chi connectivity index (χ4v) is 3.77. The maximum atomic E-state index is 14.1. The predicted molar refractivity (Wildman–Crippen MR) is 110 cm³/mol. The number of anilines is 3. The van der Waals surface area contributed by atoms with E-state index < -0.39 is 34.8 Å². The number of amides is 1. The van der Waals surface area contributed by atoms with Crippen molar-refractivity contribution in [1.82, 2.24) is 0 Å². The van der Waals surface area contributed by atoms with Crippen molar-refractivity contribution in [3.63, 3.8) is 0 Å². The molecule has 1 saturated heterocycles. The molecule has 3 rings (SSSR count). The third-order valence-corrected chi connectivity index (χ3v) is 5.25. The van der Waals surface area contributed by atoms with Crippen LogP contribution in [0.15, 0.2) is 18.2 Å². The van der Waals surface area contributed by atoms with Crippen LogP contribution in [0, 0.1) is 35.0 Å². The third-order valence-electron chi connectivity index (χ3n) is 4.95. The van der Waals surface area contributed by atoms with E-state index in [4.69, 9.17) is 11.6 Å². The molecule has 0 aromatic heterocycles. The van der Waals surface area contributed by atoms with E-state index in [1.165, 1.54) is 0 Å². The smallest absolute Gasteiger partial charge is 0.224 e. The summed E-state index contributed by atoms with van der Waals surface area (Å²) in [7, 11) is 0. The second-order valence-electron chi connectivity index (χ2n) is 7.70. The molecule has 0 aliphatic carbocycles. The molecule has 31 heavy (non-hydrogen) atoms. The van der Waals surface area contributed by atoms with E-state index in [2.05, 4.69) is 5.32 Å². The first kappa shape index (κ1) is 23.1. The lowest BCUT2D eigenvalue weighted by molar-refractivity contribution is -0.116. The third kappa shape index (κ3) is 4.87. The topological polar surface area (TPSA) is 35.6 Å². The van der Waals surface area contributed by atoms with Gasteiger partial charge in [-0.1, -0.05) is 25.4 Å². The molecule has 0 saturated carbocycles. The SMILES string of the molecule is CC(C)CC(=O)Nc1ccc(N2CCN(c3c(F)c(F)c(F)c(F)c3F)CC2)c(Cl)c1. The zero-order valence-electron chi connectivity index (χ0n) is 16.9. The monoisotopic (exact) mass is 461 g/mol. The van der Waals surface area contributed by atoms with Crippen LogP contribution in [0.2, 0.25) is 5.02 Å². The zero-order chi connectivity index (χ0) is 22.9. The molecule has 1 aliphatic heterocycles. The number of nitrogens with zero attached hydrogens (tertiary/aromatic N) is 2. The molecule has 0 unspecified atom stereocenters. The van der Waals surface area contributed by atoms with Crippen molar-refractivity contribution in [2.75, 3.05) is 41.3 Å². The van der Waals surface area contributed by atoms with Crippen LogP contribution in [0.4, 0.5) is 39.0 Å². The number of benzene rings is 2. The fourth-order valence-electron chi connectivity index (χ4n) is 3.47. The number of rotatable bonds is 5. The van der Waals surface area contributed by atoms with Crippen LogP contribution in [0.25, 0.3) is 0 Å². The summed E-state index contributed by atoms with van der Waals surface area (Å²) in [5, 5.41) is 3.13. The number of nitrogens with one attached hydrogen (secondary N) is 1. The molecule has 1 fully saturated rings. The van der Waals surface area contributed by atoms with Gasteiger partial charge in [-0.15, -0.1) is 0 Å². The molecule has 1 heterocycles. The van der Waals surface area contributed by atoms with E-state index in [9.17, 15) is 26.7 Å². The van der Waals surface area contributed by atoms with Crippen LogP contribution in [0.3, 0.4) is 0 Å². The van der Waals surface area contributed by atoms with Crippen LogP contribution >= 0.6 is 11.6 Å². The number of piperazine rings is 1. The van der Waals surface area contributed by atoms with E-state index in [1.807, 2.05) is 18.7 Å². The van der Waals surface area contributed by atoms with E-state index >= 15 is 0 Å². The summed E-state index contributed by atoms with van der Waals surface area (Å²) < 4.78 is 68.4. The van der Waals surface area contributed by atoms with Crippen molar-refractivity contribution in [1.29, 1.82) is 0 Å². The highest BCUT2D eigenvalue weighted by molar-refractivity contribution is 6.33. The molecule has 0 bridgehead atoms. The highest BCUT2D eigenvalue weighted by atomic mass is 35.5. The van der Waals surface area contributed by atoms with Gasteiger partial charge in [0.1, 0.15) is 5.69 Å². The Morgan fingerprint density at radius 2 is 1.45 bits per heavy atom. The highest BCUT2D eigenvalue weighted by Gasteiger charge is 2.31. The Morgan fingerprint density at radius 3 is 1.97 bits per heavy atom. The van der Waals surface area contributed by atoms with Gasteiger partial charge in [-0.2, -0.15) is 0 Å². The minimum absolute atomic E-state index is 0.0293. The molecule has 2 aromatic rings. The van der Waals surface area contributed by atoms with Gasteiger partial charge in [0.15, 0.2) is 23.3 Å². The van der Waals surface area contributed by atoms with Crippen molar-refractivity contribution in [3.8, 4) is 0 Å². The van der Waals surface area contributed by atoms with Gasteiger partial charge in [0, 0.05) is 38.3 Å². The molecule has 2 aromatic carbocycles. The van der Waals surface area contributed by atoms with Crippen molar-refractivity contribution in [3.05, 3.63) is 52.3 Å². The van der Waals surface area contributed by atoms with Gasteiger partial charge in [0.05, 0.1) is 10.7 Å². The Morgan fingerprint density at radius 1 is 0.935 bits per heavy atom. The minimum atomic E-state index is -2.18. The molecule has 1 aliphatic rings. The molecular formula is C21H21ClF5N3O. The Kier molecular flexibility index (Phi) is 6.93. The molecule has 0 spiro atoms. The molecule has 4 nitrogen and oxygen atoms in total. The lowest BCUT2D eigenvalue weighted by atomic mass is 10.1. The van der Waals surface area contributed by atoms with Crippen molar-refractivity contribution in [2.45, 2.75) is 20.3 Å². The largest absolute Gasteiger partial charge is 0.367 e. The maximum absolute atomic E-state index is 14.1. The maximum Gasteiger partial charge on any atom is 0.224 e. The lowest BCUT2D eigenvalue weighted by Gasteiger charge is -2.38. The molecule has 0 radical (unpaired) electrons. The highest BCUT2D eigenvalue weighted by Crippen LogP contribution is 2.33. The molecule has 10 heteroatoms. The normalized spacial score (nSPS) is 14.4. The number of hydrogen-bond donors (Lipinski definition) is 1. The summed E-state index contributed by atoms with van der Waals surface area (Å²) in [6.45, 7) is 4.42. The van der Waals surface area contributed by atoms with Gasteiger partial charge in [-0.05, 0) is 24.1 Å². The molecule has 1 N–H and O–H groups in total. The van der Waals surface area contributed by atoms with E-state index in [-0.39, 0.29) is 38.0 Å². The number of carbonyl (C=O) groups is 1. The van der Waals surface area contributed by atoms with E-state index in [1.54, 1.807) is 18.2 Å². The summed E-state index contributed by atoms with van der Waals surface area (Å²) in [5.41, 5.74) is 0.255. The van der Waals surface area contributed by atoms with Crippen LogP contribution in [0.5, 0.6) is 0 Å². The second-order valence-corrected chi connectivity index (χ2v) is 8.11. The van der Waals surface area contributed by atoms with Gasteiger partial charge in [0.2, 0.25) is 11.7 Å². The lowest BCUT2D eigenvalue weighted by Crippen LogP contribution is -2.47. The van der Waals surface area contributed by atoms with Crippen molar-refractivity contribution in [2.24, 2.45) is 5.92 Å². The summed E-state index contributed by atoms with van der Waals surface area (Å²) in [6, 6.07) is 5.00. The summed E-state index contributed by atoms with van der Waals surface area (Å²) in [4.78, 5) is 14.9. The van der Waals surface area contributed by atoms with Gasteiger partial charge in [-0.25, -0.2) is 22.0 Å². The van der Waals surface area contributed by atoms with Crippen LogP contribution in [-0.4, -0.2) is 32.1 Å². The first-order valence-corrected chi connectivity index (χ1v) is 10.1. The van der Waals surface area contributed by atoms with E-state index in [0.717, 1.165) is 4.90 Å². The van der Waals surface area contributed by atoms with Crippen molar-refractivity contribution < 1.29 is 26.7 Å². The molecule has 168 valence electrons. The standard InChI is InChI=1S/C21H21ClF5N3O/c1-11(2)9-15(31)28-12-3-4-14(13(22)10-12)29-5-7-30(8-6-29)21-19(26)17(24)16(23)18(25)20(21)27/h3-4,10-11H,5-9H2,1-2H3,(H,28,31). The quantitative estimate of drug-likeness (QED) is 0.370. The number of halogens is 6. The Bertz CT molecular complexity index is 964. The van der Waals surface area contributed by atoms with Crippen LogP contribution < -0.4 is 15.1 Å². The predicted octanol–water partition coefficient (Wildman–Crippen LogP) is 5.35. The zero-order valence-corrected chi connectivity index (χ0v) is 17.7. The average molecular weight is 462 g/mol.